The van der Waals surface area contributed by atoms with E-state index in [4.69, 9.17) is 10.5 Å². The van der Waals surface area contributed by atoms with Crippen LogP contribution in [0.15, 0.2) is 18.2 Å². The predicted molar refractivity (Wildman–Crippen MR) is 68.1 cm³/mol. The molecular formula is C13H17FN2O3. The number of hydrogen-bond acceptors (Lipinski definition) is 4. The summed E-state index contributed by atoms with van der Waals surface area (Å²) in [5.74, 6) is -1.06. The van der Waals surface area contributed by atoms with Gasteiger partial charge in [0, 0.05) is 38.2 Å². The fourth-order valence-electron chi connectivity index (χ4n) is 1.94. The van der Waals surface area contributed by atoms with E-state index in [-0.39, 0.29) is 17.8 Å². The minimum Gasteiger partial charge on any atom is -0.396 e. The Hall–Kier alpha value is -1.66. The van der Waals surface area contributed by atoms with Crippen LogP contribution in [0.25, 0.3) is 0 Å². The van der Waals surface area contributed by atoms with E-state index in [1.54, 1.807) is 0 Å². The summed E-state index contributed by atoms with van der Waals surface area (Å²) in [6, 6.07) is 3.87. The van der Waals surface area contributed by atoms with Crippen molar-refractivity contribution in [1.29, 1.82) is 0 Å². The molecule has 0 aromatic heterocycles. The molecule has 1 heterocycles. The van der Waals surface area contributed by atoms with Gasteiger partial charge in [-0.25, -0.2) is 4.39 Å². The average Bonchev–Trinajstić information content (AvgIpc) is 2.40. The third-order valence-electron chi connectivity index (χ3n) is 3.26. The molecule has 5 nitrogen and oxygen atoms in total. The summed E-state index contributed by atoms with van der Waals surface area (Å²) in [5, 5.41) is 12.8. The monoisotopic (exact) mass is 268 g/mol. The lowest BCUT2D eigenvalue weighted by molar-refractivity contribution is -0.0605. The Kier molecular flexibility index (Phi) is 4.01. The van der Waals surface area contributed by atoms with Crippen molar-refractivity contribution < 1.29 is 19.0 Å². The number of benzene rings is 1. The van der Waals surface area contributed by atoms with E-state index in [1.807, 2.05) is 0 Å². The second-order valence-electron chi connectivity index (χ2n) is 4.76. The number of ether oxygens (including phenoxy) is 1. The summed E-state index contributed by atoms with van der Waals surface area (Å²) < 4.78 is 18.4. The summed E-state index contributed by atoms with van der Waals surface area (Å²) in [6.45, 7) is 1.08. The van der Waals surface area contributed by atoms with E-state index in [9.17, 15) is 14.3 Å². The lowest BCUT2D eigenvalue weighted by atomic mass is 9.94. The molecule has 0 spiro atoms. The molecule has 0 bridgehead atoms. The molecule has 1 aromatic rings. The Balaban J connectivity index is 1.95. The van der Waals surface area contributed by atoms with Crippen molar-refractivity contribution in [3.05, 3.63) is 29.6 Å². The Morgan fingerprint density at radius 1 is 1.47 bits per heavy atom. The fourth-order valence-corrected chi connectivity index (χ4v) is 1.94. The van der Waals surface area contributed by atoms with Crippen molar-refractivity contribution in [3.63, 3.8) is 0 Å². The zero-order valence-electron chi connectivity index (χ0n) is 10.5. The maximum atomic E-state index is 13.2. The normalized spacial score (nSPS) is 18.0. The number of nitrogens with one attached hydrogen (secondary N) is 1. The first-order valence-corrected chi connectivity index (χ1v) is 6.13. The lowest BCUT2D eigenvalue weighted by Crippen LogP contribution is -2.46. The second-order valence-corrected chi connectivity index (χ2v) is 4.76. The zero-order chi connectivity index (χ0) is 13.9. The molecule has 1 aliphatic rings. The van der Waals surface area contributed by atoms with Crippen LogP contribution in [0, 0.1) is 5.82 Å². The molecule has 1 aliphatic heterocycles. The number of halogens is 1. The van der Waals surface area contributed by atoms with Gasteiger partial charge in [0.25, 0.3) is 5.91 Å². The van der Waals surface area contributed by atoms with E-state index < -0.39 is 17.3 Å². The lowest BCUT2D eigenvalue weighted by Gasteiger charge is -2.32. The van der Waals surface area contributed by atoms with Crippen LogP contribution in [0.3, 0.4) is 0 Å². The quantitative estimate of drug-likeness (QED) is 0.704. The highest BCUT2D eigenvalue weighted by Gasteiger charge is 2.30. The molecule has 0 radical (unpaired) electrons. The number of rotatable bonds is 3. The number of carbonyl (C=O) groups excluding carboxylic acids is 1. The molecule has 1 aromatic carbocycles. The van der Waals surface area contributed by atoms with Gasteiger partial charge >= 0.3 is 0 Å². The summed E-state index contributed by atoms with van der Waals surface area (Å²) in [6.07, 6.45) is 0.951. The van der Waals surface area contributed by atoms with Crippen molar-refractivity contribution >= 4 is 11.6 Å². The molecule has 19 heavy (non-hydrogen) atoms. The minimum atomic E-state index is -0.944. The molecule has 4 N–H and O–H groups in total. The molecule has 1 amide bonds. The van der Waals surface area contributed by atoms with Crippen LogP contribution in [-0.2, 0) is 4.74 Å². The number of carbonyl (C=O) groups is 1. The van der Waals surface area contributed by atoms with Crippen LogP contribution in [0.4, 0.5) is 10.1 Å². The fraction of sp³-hybridized carbons (Fsp3) is 0.462. The molecule has 1 saturated heterocycles. The Bertz CT molecular complexity index is 473. The van der Waals surface area contributed by atoms with Gasteiger partial charge < -0.3 is 20.9 Å². The highest BCUT2D eigenvalue weighted by Crippen LogP contribution is 2.19. The van der Waals surface area contributed by atoms with Gasteiger partial charge in [0.1, 0.15) is 5.82 Å². The van der Waals surface area contributed by atoms with E-state index in [2.05, 4.69) is 5.32 Å². The third kappa shape index (κ3) is 3.42. The topological polar surface area (TPSA) is 84.6 Å². The highest BCUT2D eigenvalue weighted by atomic mass is 19.1. The van der Waals surface area contributed by atoms with Gasteiger partial charge in [0.05, 0.1) is 11.3 Å². The highest BCUT2D eigenvalue weighted by molar-refractivity contribution is 5.94. The average molecular weight is 268 g/mol. The number of anilines is 1. The van der Waals surface area contributed by atoms with Gasteiger partial charge in [-0.05, 0) is 18.2 Å². The van der Waals surface area contributed by atoms with E-state index in [0.717, 1.165) is 6.07 Å². The van der Waals surface area contributed by atoms with Gasteiger partial charge in [0.2, 0.25) is 0 Å². The molecule has 0 aliphatic carbocycles. The maximum absolute atomic E-state index is 13.2. The van der Waals surface area contributed by atoms with Gasteiger partial charge in [-0.3, -0.25) is 4.79 Å². The molecular weight excluding hydrogens is 251 g/mol. The van der Waals surface area contributed by atoms with Crippen molar-refractivity contribution in [2.24, 2.45) is 0 Å². The van der Waals surface area contributed by atoms with Crippen molar-refractivity contribution in [3.8, 4) is 0 Å². The number of nitrogen functional groups attached to an aromatic ring is 1. The zero-order valence-corrected chi connectivity index (χ0v) is 10.5. The molecule has 6 heteroatoms. The standard InChI is InChI=1S/C13H17FN2O3/c14-10-7-9(1-2-11(10)15)12(17)16-8-13(18)3-5-19-6-4-13/h1-2,7,18H,3-6,8,15H2,(H,16,17). The van der Waals surface area contributed by atoms with Crippen LogP contribution in [0.2, 0.25) is 0 Å². The Labute approximate surface area is 110 Å². The first-order chi connectivity index (χ1) is 9.00. The SMILES string of the molecule is Nc1ccc(C(=O)NCC2(O)CCOCC2)cc1F. The van der Waals surface area contributed by atoms with Crippen LogP contribution in [0.1, 0.15) is 23.2 Å². The van der Waals surface area contributed by atoms with Crippen LogP contribution >= 0.6 is 0 Å². The first kappa shape index (κ1) is 13.8. The number of hydrogen-bond donors (Lipinski definition) is 3. The summed E-state index contributed by atoms with van der Waals surface area (Å²) in [5.41, 5.74) is 4.58. The molecule has 104 valence electrons. The Morgan fingerprint density at radius 2 is 2.16 bits per heavy atom. The number of nitrogens with two attached hydrogens (primary N) is 1. The second kappa shape index (κ2) is 5.54. The van der Waals surface area contributed by atoms with Gasteiger partial charge in [-0.2, -0.15) is 0 Å². The summed E-state index contributed by atoms with van der Waals surface area (Å²) in [4.78, 5) is 11.8. The molecule has 2 rings (SSSR count). The predicted octanol–water partition coefficient (Wildman–Crippen LogP) is 0.679. The summed E-state index contributed by atoms with van der Waals surface area (Å²) in [7, 11) is 0. The minimum absolute atomic E-state index is 0.000363. The van der Waals surface area contributed by atoms with E-state index in [0.29, 0.717) is 26.1 Å². The summed E-state index contributed by atoms with van der Waals surface area (Å²) >= 11 is 0. The largest absolute Gasteiger partial charge is 0.396 e. The van der Waals surface area contributed by atoms with Gasteiger partial charge in [-0.15, -0.1) is 0 Å². The molecule has 0 saturated carbocycles. The number of aliphatic hydroxyl groups is 1. The van der Waals surface area contributed by atoms with E-state index in [1.165, 1.54) is 12.1 Å². The number of amides is 1. The van der Waals surface area contributed by atoms with Crippen LogP contribution in [0.5, 0.6) is 0 Å². The molecule has 0 unspecified atom stereocenters. The Morgan fingerprint density at radius 3 is 2.79 bits per heavy atom. The van der Waals surface area contributed by atoms with Crippen molar-refractivity contribution in [2.75, 3.05) is 25.5 Å². The van der Waals surface area contributed by atoms with Crippen molar-refractivity contribution in [2.45, 2.75) is 18.4 Å². The van der Waals surface area contributed by atoms with Crippen LogP contribution in [-0.4, -0.2) is 36.4 Å². The van der Waals surface area contributed by atoms with E-state index >= 15 is 0 Å². The maximum Gasteiger partial charge on any atom is 0.251 e. The first-order valence-electron chi connectivity index (χ1n) is 6.13. The van der Waals surface area contributed by atoms with Gasteiger partial charge in [-0.1, -0.05) is 0 Å². The van der Waals surface area contributed by atoms with Crippen LogP contribution < -0.4 is 11.1 Å². The molecule has 0 atom stereocenters. The molecule has 1 fully saturated rings. The van der Waals surface area contributed by atoms with Gasteiger partial charge in [0.15, 0.2) is 0 Å². The third-order valence-corrected chi connectivity index (χ3v) is 3.26. The van der Waals surface area contributed by atoms with Crippen molar-refractivity contribution in [1.82, 2.24) is 5.32 Å². The smallest absolute Gasteiger partial charge is 0.251 e.